The molecule has 1 heterocycles. The number of aliphatic hydroxyl groups is 1. The lowest BCUT2D eigenvalue weighted by Crippen LogP contribution is -2.18. The molecule has 0 aromatic carbocycles. The topological polar surface area (TPSA) is 82.5 Å². The second-order valence-corrected chi connectivity index (χ2v) is 4.65. The molecule has 0 spiro atoms. The first-order chi connectivity index (χ1) is 8.58. The van der Waals surface area contributed by atoms with E-state index in [4.69, 9.17) is 10.2 Å². The Morgan fingerprint density at radius 1 is 1.56 bits per heavy atom. The van der Waals surface area contributed by atoms with Crippen LogP contribution in [0.1, 0.15) is 29.6 Å². The molecule has 0 aliphatic heterocycles. The summed E-state index contributed by atoms with van der Waals surface area (Å²) in [5.74, 6) is -2.20. The highest BCUT2D eigenvalue weighted by Gasteiger charge is 2.41. The van der Waals surface area contributed by atoms with Crippen LogP contribution in [0.25, 0.3) is 0 Å². The molecule has 3 N–H and O–H groups in total. The van der Waals surface area contributed by atoms with Crippen molar-refractivity contribution >= 4 is 11.8 Å². The maximum Gasteiger partial charge on any atom is 0.338 e. The number of pyridine rings is 1. The number of aromatic carboxylic acids is 1. The molecular weight excluding hydrogens is 239 g/mol. The number of halogens is 1. The number of carboxylic acid groups (broad SMARTS) is 1. The average molecular weight is 254 g/mol. The molecule has 18 heavy (non-hydrogen) atoms. The lowest BCUT2D eigenvalue weighted by Gasteiger charge is -2.15. The minimum atomic E-state index is -1.31. The molecule has 2 rings (SSSR count). The molecule has 0 unspecified atom stereocenters. The Morgan fingerprint density at radius 3 is 2.83 bits per heavy atom. The van der Waals surface area contributed by atoms with Crippen molar-refractivity contribution in [2.45, 2.75) is 19.3 Å². The van der Waals surface area contributed by atoms with Crippen molar-refractivity contribution in [2.75, 3.05) is 18.5 Å². The standard InChI is InChI=1S/C12H15FN2O3/c13-9-8(11(17)18)1-5-14-10(9)15-7-12(2-3-12)4-6-16/h1,5,16H,2-4,6-7H2,(H,14,15)(H,17,18). The maximum absolute atomic E-state index is 13.7. The van der Waals surface area contributed by atoms with Crippen LogP contribution in [0, 0.1) is 11.2 Å². The highest BCUT2D eigenvalue weighted by molar-refractivity contribution is 5.88. The second-order valence-electron chi connectivity index (χ2n) is 4.65. The van der Waals surface area contributed by atoms with Gasteiger partial charge in [-0.15, -0.1) is 0 Å². The van der Waals surface area contributed by atoms with Gasteiger partial charge < -0.3 is 15.5 Å². The van der Waals surface area contributed by atoms with Crippen LogP contribution in [-0.2, 0) is 0 Å². The average Bonchev–Trinajstić information content (AvgIpc) is 3.08. The van der Waals surface area contributed by atoms with Crippen LogP contribution in [-0.4, -0.2) is 34.3 Å². The van der Waals surface area contributed by atoms with E-state index in [-0.39, 0.29) is 23.4 Å². The van der Waals surface area contributed by atoms with Gasteiger partial charge in [0.15, 0.2) is 11.6 Å². The summed E-state index contributed by atoms with van der Waals surface area (Å²) in [5.41, 5.74) is -0.373. The summed E-state index contributed by atoms with van der Waals surface area (Å²) in [4.78, 5) is 14.6. The molecule has 6 heteroatoms. The zero-order chi connectivity index (χ0) is 13.2. The summed E-state index contributed by atoms with van der Waals surface area (Å²) in [6.45, 7) is 0.604. The molecule has 1 aromatic heterocycles. The van der Waals surface area contributed by atoms with Gasteiger partial charge in [-0.1, -0.05) is 0 Å². The first-order valence-electron chi connectivity index (χ1n) is 5.80. The summed E-state index contributed by atoms with van der Waals surface area (Å²) in [6.07, 6.45) is 3.91. The van der Waals surface area contributed by atoms with Gasteiger partial charge in [0.05, 0.1) is 0 Å². The lowest BCUT2D eigenvalue weighted by atomic mass is 10.0. The predicted octanol–water partition coefficient (Wildman–Crippen LogP) is 1.49. The fourth-order valence-electron chi connectivity index (χ4n) is 1.93. The van der Waals surface area contributed by atoms with Crippen LogP contribution in [0.3, 0.4) is 0 Å². The van der Waals surface area contributed by atoms with E-state index >= 15 is 0 Å². The molecule has 1 aliphatic rings. The summed E-state index contributed by atoms with van der Waals surface area (Å²) >= 11 is 0. The summed E-state index contributed by atoms with van der Waals surface area (Å²) in [6, 6.07) is 1.13. The van der Waals surface area contributed by atoms with Crippen LogP contribution >= 0.6 is 0 Å². The molecule has 1 aliphatic carbocycles. The van der Waals surface area contributed by atoms with E-state index in [1.54, 1.807) is 0 Å². The number of anilines is 1. The fourth-order valence-corrected chi connectivity index (χ4v) is 1.93. The minimum absolute atomic E-state index is 0.0160. The number of carbonyl (C=O) groups is 1. The van der Waals surface area contributed by atoms with Gasteiger partial charge >= 0.3 is 5.97 Å². The Bertz CT molecular complexity index is 461. The van der Waals surface area contributed by atoms with Crippen molar-refractivity contribution in [3.05, 3.63) is 23.6 Å². The number of hydrogen-bond acceptors (Lipinski definition) is 4. The van der Waals surface area contributed by atoms with Crippen LogP contribution in [0.15, 0.2) is 12.3 Å². The Labute approximate surface area is 104 Å². The number of nitrogens with zero attached hydrogens (tertiary/aromatic N) is 1. The van der Waals surface area contributed by atoms with E-state index in [1.165, 1.54) is 6.20 Å². The van der Waals surface area contributed by atoms with Crippen molar-refractivity contribution in [1.82, 2.24) is 4.98 Å². The summed E-state index contributed by atoms with van der Waals surface area (Å²) in [7, 11) is 0. The molecule has 0 atom stereocenters. The Balaban J connectivity index is 2.06. The number of aromatic nitrogens is 1. The maximum atomic E-state index is 13.7. The molecule has 0 radical (unpaired) electrons. The van der Waals surface area contributed by atoms with E-state index in [0.717, 1.165) is 18.9 Å². The van der Waals surface area contributed by atoms with Crippen molar-refractivity contribution in [1.29, 1.82) is 0 Å². The lowest BCUT2D eigenvalue weighted by molar-refractivity contribution is 0.0692. The highest BCUT2D eigenvalue weighted by atomic mass is 19.1. The normalized spacial score (nSPS) is 16.3. The molecule has 98 valence electrons. The van der Waals surface area contributed by atoms with Crippen molar-refractivity contribution < 1.29 is 19.4 Å². The first-order valence-corrected chi connectivity index (χ1v) is 5.80. The third kappa shape index (κ3) is 2.59. The number of aliphatic hydroxyl groups excluding tert-OH is 1. The SMILES string of the molecule is O=C(O)c1ccnc(NCC2(CCO)CC2)c1F. The van der Waals surface area contributed by atoms with Gasteiger partial charge in [0.25, 0.3) is 0 Å². The van der Waals surface area contributed by atoms with E-state index < -0.39 is 11.8 Å². The monoisotopic (exact) mass is 254 g/mol. The quantitative estimate of drug-likeness (QED) is 0.716. The van der Waals surface area contributed by atoms with Gasteiger partial charge in [0.2, 0.25) is 0 Å². The van der Waals surface area contributed by atoms with Crippen molar-refractivity contribution in [3.8, 4) is 0 Å². The number of nitrogens with one attached hydrogen (secondary N) is 1. The number of hydrogen-bond donors (Lipinski definition) is 3. The summed E-state index contributed by atoms with van der Waals surface area (Å²) < 4.78 is 13.7. The van der Waals surface area contributed by atoms with Gasteiger partial charge in [0, 0.05) is 19.3 Å². The van der Waals surface area contributed by atoms with Crippen molar-refractivity contribution in [2.24, 2.45) is 5.41 Å². The Kier molecular flexibility index (Phi) is 3.47. The third-order valence-corrected chi connectivity index (χ3v) is 3.35. The van der Waals surface area contributed by atoms with E-state index in [9.17, 15) is 9.18 Å². The largest absolute Gasteiger partial charge is 0.478 e. The smallest absolute Gasteiger partial charge is 0.338 e. The molecular formula is C12H15FN2O3. The summed E-state index contributed by atoms with van der Waals surface area (Å²) in [5, 5.41) is 20.5. The van der Waals surface area contributed by atoms with Gasteiger partial charge in [-0.3, -0.25) is 0 Å². The number of carboxylic acids is 1. The van der Waals surface area contributed by atoms with Gasteiger partial charge in [-0.05, 0) is 30.7 Å². The minimum Gasteiger partial charge on any atom is -0.478 e. The number of rotatable bonds is 6. The molecule has 1 aromatic rings. The van der Waals surface area contributed by atoms with Crippen LogP contribution in [0.2, 0.25) is 0 Å². The van der Waals surface area contributed by atoms with Crippen LogP contribution in [0.5, 0.6) is 0 Å². The van der Waals surface area contributed by atoms with E-state index in [1.807, 2.05) is 0 Å². The van der Waals surface area contributed by atoms with E-state index in [0.29, 0.717) is 13.0 Å². The molecule has 1 fully saturated rings. The molecule has 0 bridgehead atoms. The highest BCUT2D eigenvalue weighted by Crippen LogP contribution is 2.48. The van der Waals surface area contributed by atoms with Crippen LogP contribution in [0.4, 0.5) is 10.2 Å². The molecule has 0 amide bonds. The zero-order valence-corrected chi connectivity index (χ0v) is 9.82. The van der Waals surface area contributed by atoms with E-state index in [2.05, 4.69) is 10.3 Å². The van der Waals surface area contributed by atoms with Crippen molar-refractivity contribution in [3.63, 3.8) is 0 Å². The third-order valence-electron chi connectivity index (χ3n) is 3.35. The zero-order valence-electron chi connectivity index (χ0n) is 9.82. The fraction of sp³-hybridized carbons (Fsp3) is 0.500. The Morgan fingerprint density at radius 2 is 2.28 bits per heavy atom. The first kappa shape index (κ1) is 12.8. The van der Waals surface area contributed by atoms with Gasteiger partial charge in [-0.2, -0.15) is 0 Å². The van der Waals surface area contributed by atoms with Crippen LogP contribution < -0.4 is 5.32 Å². The van der Waals surface area contributed by atoms with Gasteiger partial charge in [0.1, 0.15) is 5.56 Å². The van der Waals surface area contributed by atoms with Gasteiger partial charge in [-0.25, -0.2) is 14.2 Å². The molecule has 0 saturated heterocycles. The second kappa shape index (κ2) is 4.89. The molecule has 1 saturated carbocycles. The Hall–Kier alpha value is -1.69. The predicted molar refractivity (Wildman–Crippen MR) is 63.0 cm³/mol. The molecule has 5 nitrogen and oxygen atoms in total.